The molecule has 3 nitrogen and oxygen atoms in total. The molecule has 1 heterocycles. The molecule has 0 saturated carbocycles. The summed E-state index contributed by atoms with van der Waals surface area (Å²) in [5.74, 6) is -0.172. The Morgan fingerprint density at radius 2 is 1.70 bits per heavy atom. The lowest BCUT2D eigenvalue weighted by Crippen LogP contribution is -2.40. The van der Waals surface area contributed by atoms with Gasteiger partial charge in [0, 0.05) is 18.2 Å². The molecule has 4 heteroatoms. The Hall–Kier alpha value is -2.30. The molecule has 23 heavy (non-hydrogen) atoms. The van der Waals surface area contributed by atoms with E-state index in [0.717, 1.165) is 5.56 Å². The molecule has 1 aliphatic rings. The highest BCUT2D eigenvalue weighted by Gasteiger charge is 2.42. The molecule has 3 rings (SSSR count). The summed E-state index contributed by atoms with van der Waals surface area (Å²) in [4.78, 5) is 14.6. The summed E-state index contributed by atoms with van der Waals surface area (Å²) >= 11 is 5.39. The maximum atomic E-state index is 12.7. The molecule has 0 aromatic heterocycles. The number of Topliss-reactive ketones (excluding diaryl/α,β-unsaturated/α-hetero) is 1. The van der Waals surface area contributed by atoms with Crippen LogP contribution in [0.3, 0.4) is 0 Å². The van der Waals surface area contributed by atoms with Crippen LogP contribution >= 0.6 is 12.2 Å². The smallest absolute Gasteiger partial charge is 0.195 e. The van der Waals surface area contributed by atoms with E-state index in [2.05, 4.69) is 0 Å². The van der Waals surface area contributed by atoms with Gasteiger partial charge in [0.1, 0.15) is 4.99 Å². The van der Waals surface area contributed by atoms with Gasteiger partial charge in [-0.15, -0.1) is 0 Å². The van der Waals surface area contributed by atoms with Crippen molar-refractivity contribution < 1.29 is 9.90 Å². The monoisotopic (exact) mass is 323 g/mol. The van der Waals surface area contributed by atoms with Crippen LogP contribution in [0.1, 0.15) is 21.5 Å². The Bertz CT molecular complexity index is 796. The zero-order valence-corrected chi connectivity index (χ0v) is 13.8. The SMILES string of the molecule is Cc1ccc(C(=O)C2=CC(O)(c3ccccc3)N(C)C2=S)cc1. The molecular weight excluding hydrogens is 306 g/mol. The second-order valence-corrected chi connectivity index (χ2v) is 6.10. The molecule has 1 unspecified atom stereocenters. The van der Waals surface area contributed by atoms with Gasteiger partial charge in [0.05, 0.1) is 5.57 Å². The number of nitrogens with zero attached hydrogens (tertiary/aromatic N) is 1. The van der Waals surface area contributed by atoms with E-state index in [4.69, 9.17) is 12.2 Å². The Labute approximate surface area is 140 Å². The number of aryl methyl sites for hydroxylation is 1. The lowest BCUT2D eigenvalue weighted by Gasteiger charge is -2.31. The van der Waals surface area contributed by atoms with Crippen molar-refractivity contribution in [2.45, 2.75) is 12.6 Å². The second-order valence-electron chi connectivity index (χ2n) is 5.71. The van der Waals surface area contributed by atoms with E-state index in [9.17, 15) is 9.90 Å². The third-order valence-electron chi connectivity index (χ3n) is 4.15. The molecule has 2 aromatic carbocycles. The van der Waals surface area contributed by atoms with Crippen LogP contribution in [0, 0.1) is 6.92 Å². The van der Waals surface area contributed by atoms with Gasteiger partial charge in [-0.2, -0.15) is 0 Å². The highest BCUT2D eigenvalue weighted by molar-refractivity contribution is 7.80. The number of benzene rings is 2. The van der Waals surface area contributed by atoms with Crippen molar-refractivity contribution in [2.75, 3.05) is 7.05 Å². The zero-order valence-electron chi connectivity index (χ0n) is 13.0. The molecule has 0 radical (unpaired) electrons. The summed E-state index contributed by atoms with van der Waals surface area (Å²) < 4.78 is 0. The number of ketones is 1. The highest BCUT2D eigenvalue weighted by Crippen LogP contribution is 2.35. The minimum absolute atomic E-state index is 0.172. The first-order chi connectivity index (χ1) is 10.9. The Balaban J connectivity index is 2.02. The number of aliphatic hydroxyl groups is 1. The first kappa shape index (κ1) is 15.6. The van der Waals surface area contributed by atoms with E-state index in [1.165, 1.54) is 0 Å². The van der Waals surface area contributed by atoms with E-state index in [-0.39, 0.29) is 5.78 Å². The predicted octanol–water partition coefficient (Wildman–Crippen LogP) is 3.22. The van der Waals surface area contributed by atoms with Gasteiger partial charge in [0.2, 0.25) is 0 Å². The molecule has 1 N–H and O–H groups in total. The van der Waals surface area contributed by atoms with Crippen LogP contribution in [-0.2, 0) is 5.72 Å². The van der Waals surface area contributed by atoms with Crippen LogP contribution in [-0.4, -0.2) is 27.8 Å². The van der Waals surface area contributed by atoms with Gasteiger partial charge in [0.15, 0.2) is 11.5 Å². The maximum absolute atomic E-state index is 12.7. The lowest BCUT2D eigenvalue weighted by atomic mass is 9.99. The van der Waals surface area contributed by atoms with Crippen LogP contribution < -0.4 is 0 Å². The fourth-order valence-corrected chi connectivity index (χ4v) is 2.97. The van der Waals surface area contributed by atoms with Crippen molar-refractivity contribution in [1.82, 2.24) is 4.90 Å². The average molecular weight is 323 g/mol. The van der Waals surface area contributed by atoms with E-state index in [1.54, 1.807) is 30.2 Å². The normalized spacial score (nSPS) is 20.6. The second kappa shape index (κ2) is 5.72. The zero-order chi connectivity index (χ0) is 16.6. The molecule has 1 atom stereocenters. The van der Waals surface area contributed by atoms with Crippen molar-refractivity contribution >= 4 is 23.0 Å². The summed E-state index contributed by atoms with van der Waals surface area (Å²) in [6, 6.07) is 16.5. The Morgan fingerprint density at radius 3 is 2.30 bits per heavy atom. The number of carbonyl (C=O) groups excluding carboxylic acids is 1. The molecule has 2 aromatic rings. The van der Waals surface area contributed by atoms with Crippen molar-refractivity contribution in [3.05, 3.63) is 82.9 Å². The number of thiocarbonyl (C=S) groups is 1. The van der Waals surface area contributed by atoms with Gasteiger partial charge in [-0.05, 0) is 13.0 Å². The third-order valence-corrected chi connectivity index (χ3v) is 4.64. The predicted molar refractivity (Wildman–Crippen MR) is 94.3 cm³/mol. The molecule has 0 amide bonds. The van der Waals surface area contributed by atoms with E-state index < -0.39 is 5.72 Å². The highest BCUT2D eigenvalue weighted by atomic mass is 32.1. The third kappa shape index (κ3) is 2.60. The standard InChI is InChI=1S/C19H17NO2S/c1-13-8-10-14(11-9-13)17(21)16-12-19(22,20(2)18(16)23)15-6-4-3-5-7-15/h3-12,22H,1-2H3. The van der Waals surface area contributed by atoms with Gasteiger partial charge in [0.25, 0.3) is 0 Å². The van der Waals surface area contributed by atoms with Crippen molar-refractivity contribution in [1.29, 1.82) is 0 Å². The molecular formula is C19H17NO2S. The Kier molecular flexibility index (Phi) is 3.88. The summed E-state index contributed by atoms with van der Waals surface area (Å²) in [7, 11) is 1.70. The number of hydrogen-bond donors (Lipinski definition) is 1. The molecule has 0 saturated heterocycles. The molecule has 116 valence electrons. The quantitative estimate of drug-likeness (QED) is 0.695. The molecule has 0 spiro atoms. The fourth-order valence-electron chi connectivity index (χ4n) is 2.68. The first-order valence-electron chi connectivity index (χ1n) is 7.34. The Morgan fingerprint density at radius 1 is 1.09 bits per heavy atom. The van der Waals surface area contributed by atoms with Crippen molar-refractivity contribution in [3.8, 4) is 0 Å². The molecule has 0 fully saturated rings. The van der Waals surface area contributed by atoms with Gasteiger partial charge >= 0.3 is 0 Å². The van der Waals surface area contributed by atoms with Crippen LogP contribution in [0.15, 0.2) is 66.2 Å². The number of likely N-dealkylation sites (N-methyl/N-ethyl adjacent to an activating group) is 1. The van der Waals surface area contributed by atoms with Gasteiger partial charge in [-0.25, -0.2) is 0 Å². The average Bonchev–Trinajstić information content (AvgIpc) is 2.81. The molecule has 1 aliphatic heterocycles. The first-order valence-corrected chi connectivity index (χ1v) is 7.74. The van der Waals surface area contributed by atoms with E-state index in [0.29, 0.717) is 21.7 Å². The number of rotatable bonds is 3. The van der Waals surface area contributed by atoms with E-state index in [1.807, 2.05) is 49.4 Å². The fraction of sp³-hybridized carbons (Fsp3) is 0.158. The van der Waals surface area contributed by atoms with Crippen LogP contribution in [0.2, 0.25) is 0 Å². The van der Waals surface area contributed by atoms with Crippen molar-refractivity contribution in [2.24, 2.45) is 0 Å². The van der Waals surface area contributed by atoms with Crippen LogP contribution in [0.5, 0.6) is 0 Å². The number of hydrogen-bond acceptors (Lipinski definition) is 3. The molecule has 0 bridgehead atoms. The molecule has 0 aliphatic carbocycles. The summed E-state index contributed by atoms with van der Waals surface area (Å²) in [6.45, 7) is 1.97. The van der Waals surface area contributed by atoms with Crippen molar-refractivity contribution in [3.63, 3.8) is 0 Å². The van der Waals surface area contributed by atoms with Gasteiger partial charge in [-0.1, -0.05) is 72.4 Å². The van der Waals surface area contributed by atoms with E-state index >= 15 is 0 Å². The van der Waals surface area contributed by atoms with Gasteiger partial charge < -0.3 is 10.0 Å². The summed E-state index contributed by atoms with van der Waals surface area (Å²) in [5.41, 5.74) is 1.29. The largest absolute Gasteiger partial charge is 0.363 e. The van der Waals surface area contributed by atoms with Crippen LogP contribution in [0.25, 0.3) is 0 Å². The summed E-state index contributed by atoms with van der Waals surface area (Å²) in [5, 5.41) is 11.0. The van der Waals surface area contributed by atoms with Gasteiger partial charge in [-0.3, -0.25) is 4.79 Å². The number of carbonyl (C=O) groups is 1. The lowest BCUT2D eigenvalue weighted by molar-refractivity contribution is -0.00869. The minimum Gasteiger partial charge on any atom is -0.363 e. The van der Waals surface area contributed by atoms with Crippen LogP contribution in [0.4, 0.5) is 0 Å². The maximum Gasteiger partial charge on any atom is 0.195 e. The topological polar surface area (TPSA) is 40.5 Å². The summed E-state index contributed by atoms with van der Waals surface area (Å²) in [6.07, 6.45) is 1.55. The minimum atomic E-state index is -1.39.